The van der Waals surface area contributed by atoms with Gasteiger partial charge in [-0.05, 0) is 18.2 Å². The Bertz CT molecular complexity index is 512. The lowest BCUT2D eigenvalue weighted by Gasteiger charge is -2.09. The molecule has 7 heteroatoms. The second kappa shape index (κ2) is 4.71. The minimum absolute atomic E-state index is 0.0261. The summed E-state index contributed by atoms with van der Waals surface area (Å²) in [5.41, 5.74) is -0.0261. The minimum Gasteiger partial charge on any atom is -0.465 e. The average Bonchev–Trinajstić information content (AvgIpc) is 2.16. The number of carbonyl (C=O) groups is 1. The lowest BCUT2D eigenvalue weighted by molar-refractivity contribution is 0.209. The Morgan fingerprint density at radius 3 is 2.62 bits per heavy atom. The van der Waals surface area contributed by atoms with Gasteiger partial charge in [0.05, 0.1) is 16.3 Å². The molecule has 2 N–H and O–H groups in total. The molecule has 0 saturated carbocycles. The van der Waals surface area contributed by atoms with Crippen molar-refractivity contribution < 1.29 is 18.3 Å². The smallest absolute Gasteiger partial charge is 0.409 e. The highest BCUT2D eigenvalue weighted by Gasteiger charge is 2.18. The van der Waals surface area contributed by atoms with Gasteiger partial charge in [-0.2, -0.15) is 0 Å². The average molecular weight is 264 g/mol. The van der Waals surface area contributed by atoms with Gasteiger partial charge in [-0.1, -0.05) is 18.5 Å². The molecule has 88 valence electrons. The number of benzene rings is 1. The van der Waals surface area contributed by atoms with Crippen molar-refractivity contribution in [1.82, 2.24) is 0 Å². The molecule has 0 fully saturated rings. The fourth-order valence-electron chi connectivity index (χ4n) is 1.14. The van der Waals surface area contributed by atoms with Crippen molar-refractivity contribution in [2.75, 3.05) is 11.1 Å². The Morgan fingerprint density at radius 2 is 2.12 bits per heavy atom. The molecule has 0 bridgehead atoms. The largest absolute Gasteiger partial charge is 0.465 e. The van der Waals surface area contributed by atoms with Crippen LogP contribution in [-0.2, 0) is 9.84 Å². The van der Waals surface area contributed by atoms with E-state index in [1.54, 1.807) is 0 Å². The highest BCUT2D eigenvalue weighted by molar-refractivity contribution is 7.91. The molecule has 0 saturated heterocycles. The van der Waals surface area contributed by atoms with Crippen LogP contribution in [0.25, 0.3) is 0 Å². The topological polar surface area (TPSA) is 83.5 Å². The second-order valence-electron chi connectivity index (χ2n) is 2.97. The highest BCUT2D eigenvalue weighted by Crippen LogP contribution is 2.26. The van der Waals surface area contributed by atoms with Crippen molar-refractivity contribution >= 4 is 33.2 Å². The zero-order chi connectivity index (χ0) is 12.3. The van der Waals surface area contributed by atoms with E-state index in [1.165, 1.54) is 25.1 Å². The lowest BCUT2D eigenvalue weighted by atomic mass is 10.3. The molecule has 0 heterocycles. The van der Waals surface area contributed by atoms with Crippen molar-refractivity contribution in [3.05, 3.63) is 23.2 Å². The first-order valence-electron chi connectivity index (χ1n) is 4.39. The number of hydrogen-bond acceptors (Lipinski definition) is 3. The van der Waals surface area contributed by atoms with Crippen LogP contribution in [0, 0.1) is 0 Å². The predicted molar refractivity (Wildman–Crippen MR) is 60.8 cm³/mol. The standard InChI is InChI=1S/C9H10ClNO4S/c1-2-16(14,15)8-4-3-6(10)5-7(8)11-9(12)13/h3-5,11H,2H2,1H3,(H,12,13). The number of amides is 1. The Balaban J connectivity index is 3.34. The van der Waals surface area contributed by atoms with Crippen LogP contribution in [0.2, 0.25) is 5.02 Å². The molecule has 1 rings (SSSR count). The van der Waals surface area contributed by atoms with Gasteiger partial charge < -0.3 is 5.11 Å². The maximum atomic E-state index is 11.6. The number of nitrogens with one attached hydrogen (secondary N) is 1. The molecular weight excluding hydrogens is 254 g/mol. The summed E-state index contributed by atoms with van der Waals surface area (Å²) in [5.74, 6) is -0.108. The Hall–Kier alpha value is -1.27. The van der Waals surface area contributed by atoms with E-state index in [2.05, 4.69) is 0 Å². The van der Waals surface area contributed by atoms with Crippen molar-refractivity contribution in [3.63, 3.8) is 0 Å². The number of anilines is 1. The van der Waals surface area contributed by atoms with Gasteiger partial charge in [0.25, 0.3) is 0 Å². The zero-order valence-electron chi connectivity index (χ0n) is 8.40. The molecule has 0 unspecified atom stereocenters. The minimum atomic E-state index is -3.48. The van der Waals surface area contributed by atoms with Gasteiger partial charge in [0.15, 0.2) is 9.84 Å². The normalized spacial score (nSPS) is 11.1. The molecule has 0 aliphatic carbocycles. The van der Waals surface area contributed by atoms with Crippen LogP contribution in [0.15, 0.2) is 23.1 Å². The SMILES string of the molecule is CCS(=O)(=O)c1ccc(Cl)cc1NC(=O)O. The van der Waals surface area contributed by atoms with Crippen LogP contribution < -0.4 is 5.32 Å². The molecule has 1 aromatic carbocycles. The summed E-state index contributed by atoms with van der Waals surface area (Å²) >= 11 is 5.67. The van der Waals surface area contributed by atoms with Gasteiger partial charge in [0.2, 0.25) is 0 Å². The number of hydrogen-bond donors (Lipinski definition) is 2. The van der Waals surface area contributed by atoms with Crippen LogP contribution in [0.3, 0.4) is 0 Å². The van der Waals surface area contributed by atoms with Crippen LogP contribution in [0.1, 0.15) is 6.92 Å². The lowest BCUT2D eigenvalue weighted by Crippen LogP contribution is -2.13. The summed E-state index contributed by atoms with van der Waals surface area (Å²) in [6.07, 6.45) is -1.34. The van der Waals surface area contributed by atoms with Crippen LogP contribution in [-0.4, -0.2) is 25.4 Å². The summed E-state index contributed by atoms with van der Waals surface area (Å²) in [4.78, 5) is 10.4. The molecule has 0 aliphatic heterocycles. The van der Waals surface area contributed by atoms with Gasteiger partial charge in [0.1, 0.15) is 0 Å². The summed E-state index contributed by atoms with van der Waals surface area (Å²) in [7, 11) is -3.48. The Morgan fingerprint density at radius 1 is 1.50 bits per heavy atom. The highest BCUT2D eigenvalue weighted by atomic mass is 35.5. The molecular formula is C9H10ClNO4S. The first kappa shape index (κ1) is 12.8. The van der Waals surface area contributed by atoms with Crippen molar-refractivity contribution in [2.45, 2.75) is 11.8 Å². The third-order valence-electron chi connectivity index (χ3n) is 1.90. The monoisotopic (exact) mass is 263 g/mol. The van der Waals surface area contributed by atoms with E-state index < -0.39 is 15.9 Å². The van der Waals surface area contributed by atoms with Gasteiger partial charge >= 0.3 is 6.09 Å². The van der Waals surface area contributed by atoms with Gasteiger partial charge in [-0.3, -0.25) is 5.32 Å². The van der Waals surface area contributed by atoms with E-state index in [-0.39, 0.29) is 21.4 Å². The van der Waals surface area contributed by atoms with Gasteiger partial charge in [0, 0.05) is 5.02 Å². The summed E-state index contributed by atoms with van der Waals surface area (Å²) in [5, 5.41) is 10.8. The molecule has 0 aliphatic rings. The quantitative estimate of drug-likeness (QED) is 0.876. The Labute approximate surface area is 98.0 Å². The molecule has 0 radical (unpaired) electrons. The first-order chi connectivity index (χ1) is 7.36. The van der Waals surface area contributed by atoms with E-state index in [1.807, 2.05) is 5.32 Å². The van der Waals surface area contributed by atoms with Crippen molar-refractivity contribution in [1.29, 1.82) is 0 Å². The third kappa shape index (κ3) is 2.86. The molecule has 0 spiro atoms. The zero-order valence-corrected chi connectivity index (χ0v) is 9.97. The van der Waals surface area contributed by atoms with Gasteiger partial charge in [-0.25, -0.2) is 13.2 Å². The maximum Gasteiger partial charge on any atom is 0.409 e. The molecule has 1 aromatic rings. The van der Waals surface area contributed by atoms with Crippen LogP contribution in [0.4, 0.5) is 10.5 Å². The van der Waals surface area contributed by atoms with Crippen LogP contribution >= 0.6 is 11.6 Å². The van der Waals surface area contributed by atoms with E-state index in [0.29, 0.717) is 0 Å². The fraction of sp³-hybridized carbons (Fsp3) is 0.222. The molecule has 5 nitrogen and oxygen atoms in total. The second-order valence-corrected chi connectivity index (χ2v) is 5.66. The number of carboxylic acid groups (broad SMARTS) is 1. The molecule has 0 aromatic heterocycles. The summed E-state index contributed by atoms with van der Waals surface area (Å²) < 4.78 is 23.3. The van der Waals surface area contributed by atoms with E-state index >= 15 is 0 Å². The molecule has 16 heavy (non-hydrogen) atoms. The maximum absolute atomic E-state index is 11.6. The van der Waals surface area contributed by atoms with E-state index in [4.69, 9.17) is 16.7 Å². The summed E-state index contributed by atoms with van der Waals surface area (Å²) in [6, 6.07) is 3.95. The van der Waals surface area contributed by atoms with Crippen molar-refractivity contribution in [2.24, 2.45) is 0 Å². The van der Waals surface area contributed by atoms with Crippen molar-refractivity contribution in [3.8, 4) is 0 Å². The number of sulfone groups is 1. The van der Waals surface area contributed by atoms with Gasteiger partial charge in [-0.15, -0.1) is 0 Å². The molecule has 0 atom stereocenters. The fourth-order valence-corrected chi connectivity index (χ4v) is 2.35. The predicted octanol–water partition coefficient (Wildman–Crippen LogP) is 2.22. The van der Waals surface area contributed by atoms with E-state index in [0.717, 1.165) is 0 Å². The summed E-state index contributed by atoms with van der Waals surface area (Å²) in [6.45, 7) is 1.48. The number of rotatable bonds is 3. The number of halogens is 1. The van der Waals surface area contributed by atoms with Crippen LogP contribution in [0.5, 0.6) is 0 Å². The first-order valence-corrected chi connectivity index (χ1v) is 6.42. The third-order valence-corrected chi connectivity index (χ3v) is 3.92. The van der Waals surface area contributed by atoms with E-state index in [9.17, 15) is 13.2 Å². The molecule has 1 amide bonds. The Kier molecular flexibility index (Phi) is 3.77.